The molecule has 0 aliphatic heterocycles. The van der Waals surface area contributed by atoms with Crippen molar-refractivity contribution in [1.29, 1.82) is 0 Å². The number of carbonyl (C=O) groups is 1. The average Bonchev–Trinajstić information content (AvgIpc) is 3.51. The molecule has 0 saturated heterocycles. The Kier molecular flexibility index (Phi) is 4.52. The van der Waals surface area contributed by atoms with Gasteiger partial charge in [-0.05, 0) is 47.8 Å². The molecule has 0 unspecified atom stereocenters. The Labute approximate surface area is 173 Å². The summed E-state index contributed by atoms with van der Waals surface area (Å²) in [7, 11) is 0. The second-order valence-corrected chi connectivity index (χ2v) is 7.21. The lowest BCUT2D eigenvalue weighted by atomic mass is 10.3. The van der Waals surface area contributed by atoms with E-state index in [9.17, 15) is 9.18 Å². The topological polar surface area (TPSA) is 98.6 Å². The molecule has 4 aromatic heterocycles. The highest BCUT2D eigenvalue weighted by Gasteiger charge is 2.21. The van der Waals surface area contributed by atoms with Gasteiger partial charge < -0.3 is 9.72 Å². The summed E-state index contributed by atoms with van der Waals surface area (Å²) in [6.45, 7) is -0.0748. The van der Waals surface area contributed by atoms with Crippen LogP contribution in [-0.2, 0) is 11.3 Å². The standard InChI is InChI=1S/C20H13FN6O2S/c21-12-5-7-13(8-6-12)27-19(15-4-2-10-30-15)25-18(26-27)20(28)29-11-16-23-14-3-1-9-22-17(14)24-16/h1-10H,11H2,(H,22,23,24). The Bertz CT molecular complexity index is 1290. The van der Waals surface area contributed by atoms with Crippen molar-refractivity contribution in [1.82, 2.24) is 29.7 Å². The van der Waals surface area contributed by atoms with E-state index in [2.05, 4.69) is 25.0 Å². The maximum absolute atomic E-state index is 13.3. The first-order valence-electron chi connectivity index (χ1n) is 8.91. The molecule has 0 fully saturated rings. The Hall–Kier alpha value is -3.92. The number of nitrogens with one attached hydrogen (secondary N) is 1. The van der Waals surface area contributed by atoms with Crippen LogP contribution in [-0.4, -0.2) is 35.7 Å². The van der Waals surface area contributed by atoms with Crippen molar-refractivity contribution in [2.75, 3.05) is 0 Å². The van der Waals surface area contributed by atoms with Gasteiger partial charge in [-0.1, -0.05) is 6.07 Å². The SMILES string of the molecule is O=C(OCc1nc2ncccc2[nH]1)c1nc(-c2cccs2)n(-c2ccc(F)cc2)n1. The van der Waals surface area contributed by atoms with Crippen LogP contribution >= 0.6 is 11.3 Å². The third kappa shape index (κ3) is 3.44. The van der Waals surface area contributed by atoms with Crippen LogP contribution in [0, 0.1) is 5.82 Å². The summed E-state index contributed by atoms with van der Waals surface area (Å²) >= 11 is 1.45. The fraction of sp³-hybridized carbons (Fsp3) is 0.0500. The number of nitrogens with zero attached hydrogens (tertiary/aromatic N) is 5. The molecule has 10 heteroatoms. The van der Waals surface area contributed by atoms with E-state index in [1.54, 1.807) is 24.4 Å². The molecule has 4 heterocycles. The molecular weight excluding hydrogens is 407 g/mol. The second-order valence-electron chi connectivity index (χ2n) is 6.26. The fourth-order valence-electron chi connectivity index (χ4n) is 2.89. The molecule has 0 amide bonds. The van der Waals surface area contributed by atoms with Gasteiger partial charge in [-0.3, -0.25) is 0 Å². The molecule has 0 aliphatic carbocycles. The Morgan fingerprint density at radius 3 is 2.77 bits per heavy atom. The third-order valence-corrected chi connectivity index (χ3v) is 5.11. The summed E-state index contributed by atoms with van der Waals surface area (Å²) < 4.78 is 20.1. The maximum Gasteiger partial charge on any atom is 0.378 e. The molecule has 1 aromatic carbocycles. The molecule has 30 heavy (non-hydrogen) atoms. The van der Waals surface area contributed by atoms with Gasteiger partial charge in [0, 0.05) is 6.20 Å². The number of carbonyl (C=O) groups excluding carboxylic acids is 1. The number of H-pyrrole nitrogens is 1. The number of hydrogen-bond acceptors (Lipinski definition) is 7. The molecule has 0 radical (unpaired) electrons. The van der Waals surface area contributed by atoms with Crippen molar-refractivity contribution in [3.63, 3.8) is 0 Å². The molecule has 148 valence electrons. The molecule has 0 saturated carbocycles. The monoisotopic (exact) mass is 420 g/mol. The summed E-state index contributed by atoms with van der Waals surface area (Å²) in [5, 5.41) is 6.19. The third-order valence-electron chi connectivity index (χ3n) is 4.25. The molecule has 1 N–H and O–H groups in total. The van der Waals surface area contributed by atoms with Gasteiger partial charge in [-0.15, -0.1) is 16.4 Å². The Balaban J connectivity index is 1.42. The van der Waals surface area contributed by atoms with E-state index >= 15 is 0 Å². The van der Waals surface area contributed by atoms with Crippen LogP contribution in [0.25, 0.3) is 27.6 Å². The molecule has 5 rings (SSSR count). The number of benzene rings is 1. The van der Waals surface area contributed by atoms with Crippen molar-refractivity contribution in [3.05, 3.63) is 77.6 Å². The van der Waals surface area contributed by atoms with Crippen molar-refractivity contribution in [2.24, 2.45) is 0 Å². The highest BCUT2D eigenvalue weighted by atomic mass is 32.1. The van der Waals surface area contributed by atoms with Gasteiger partial charge in [0.15, 0.2) is 11.5 Å². The molecule has 0 aliphatic rings. The highest BCUT2D eigenvalue weighted by Crippen LogP contribution is 2.26. The van der Waals surface area contributed by atoms with Gasteiger partial charge in [0.2, 0.25) is 0 Å². The number of imidazole rings is 1. The summed E-state index contributed by atoms with van der Waals surface area (Å²) in [5.74, 6) is -0.222. The van der Waals surface area contributed by atoms with Crippen LogP contribution in [0.1, 0.15) is 16.4 Å². The van der Waals surface area contributed by atoms with Gasteiger partial charge in [-0.2, -0.15) is 4.98 Å². The van der Waals surface area contributed by atoms with E-state index in [0.717, 1.165) is 10.4 Å². The van der Waals surface area contributed by atoms with E-state index in [-0.39, 0.29) is 18.2 Å². The molecule has 0 atom stereocenters. The highest BCUT2D eigenvalue weighted by molar-refractivity contribution is 7.13. The quantitative estimate of drug-likeness (QED) is 0.435. The normalized spacial score (nSPS) is 11.1. The minimum atomic E-state index is -0.693. The van der Waals surface area contributed by atoms with Gasteiger partial charge in [0.1, 0.15) is 18.2 Å². The lowest BCUT2D eigenvalue weighted by molar-refractivity contribution is 0.0449. The number of rotatable bonds is 5. The van der Waals surface area contributed by atoms with Crippen LogP contribution in [0.3, 0.4) is 0 Å². The minimum absolute atomic E-state index is 0.0748. The number of halogens is 1. The molecule has 0 bridgehead atoms. The van der Waals surface area contributed by atoms with Crippen molar-refractivity contribution in [2.45, 2.75) is 6.61 Å². The number of aromatic amines is 1. The van der Waals surface area contributed by atoms with E-state index in [0.29, 0.717) is 23.0 Å². The fourth-order valence-corrected chi connectivity index (χ4v) is 3.59. The van der Waals surface area contributed by atoms with Gasteiger partial charge in [0.05, 0.1) is 16.1 Å². The smallest absolute Gasteiger partial charge is 0.378 e. The Morgan fingerprint density at radius 1 is 1.13 bits per heavy atom. The van der Waals surface area contributed by atoms with Crippen molar-refractivity contribution < 1.29 is 13.9 Å². The van der Waals surface area contributed by atoms with Gasteiger partial charge in [-0.25, -0.2) is 23.8 Å². The van der Waals surface area contributed by atoms with E-state index in [4.69, 9.17) is 4.74 Å². The van der Waals surface area contributed by atoms with Crippen LogP contribution in [0.4, 0.5) is 4.39 Å². The summed E-state index contributed by atoms with van der Waals surface area (Å²) in [4.78, 5) is 29.2. The largest absolute Gasteiger partial charge is 0.452 e. The summed E-state index contributed by atoms with van der Waals surface area (Å²) in [5.41, 5.74) is 1.87. The number of aromatic nitrogens is 6. The first-order chi connectivity index (χ1) is 14.7. The molecule has 0 spiro atoms. The van der Waals surface area contributed by atoms with E-state index in [1.807, 2.05) is 23.6 Å². The minimum Gasteiger partial charge on any atom is -0.452 e. The average molecular weight is 420 g/mol. The van der Waals surface area contributed by atoms with Crippen LogP contribution in [0.5, 0.6) is 0 Å². The summed E-state index contributed by atoms with van der Waals surface area (Å²) in [6.07, 6.45) is 1.64. The maximum atomic E-state index is 13.3. The first-order valence-corrected chi connectivity index (χ1v) is 9.79. The molecular formula is C20H13FN6O2S. The number of esters is 1. The Morgan fingerprint density at radius 2 is 2.00 bits per heavy atom. The second kappa shape index (κ2) is 7.48. The van der Waals surface area contributed by atoms with Crippen molar-refractivity contribution in [3.8, 4) is 16.4 Å². The predicted molar refractivity (Wildman–Crippen MR) is 108 cm³/mol. The number of ether oxygens (including phenoxy) is 1. The number of hydrogen-bond donors (Lipinski definition) is 1. The van der Waals surface area contributed by atoms with E-state index in [1.165, 1.54) is 28.2 Å². The zero-order valence-electron chi connectivity index (χ0n) is 15.3. The zero-order valence-corrected chi connectivity index (χ0v) is 16.1. The molecule has 8 nitrogen and oxygen atoms in total. The van der Waals surface area contributed by atoms with Gasteiger partial charge >= 0.3 is 5.97 Å². The van der Waals surface area contributed by atoms with E-state index < -0.39 is 5.97 Å². The lowest BCUT2D eigenvalue weighted by Gasteiger charge is -2.03. The number of pyridine rings is 1. The first kappa shape index (κ1) is 18.1. The van der Waals surface area contributed by atoms with Gasteiger partial charge in [0.25, 0.3) is 5.82 Å². The van der Waals surface area contributed by atoms with Crippen molar-refractivity contribution >= 4 is 28.5 Å². The van der Waals surface area contributed by atoms with Crippen LogP contribution < -0.4 is 0 Å². The van der Waals surface area contributed by atoms with Crippen LogP contribution in [0.15, 0.2) is 60.1 Å². The zero-order chi connectivity index (χ0) is 20.5. The number of fused-ring (bicyclic) bond motifs is 1. The summed E-state index contributed by atoms with van der Waals surface area (Å²) in [6, 6.07) is 13.1. The lowest BCUT2D eigenvalue weighted by Crippen LogP contribution is -2.09. The molecule has 5 aromatic rings. The predicted octanol–water partition coefficient (Wildman–Crippen LogP) is 3.76. The number of thiophene rings is 1. The van der Waals surface area contributed by atoms with Crippen LogP contribution in [0.2, 0.25) is 0 Å².